The summed E-state index contributed by atoms with van der Waals surface area (Å²) in [6.45, 7) is 0.538. The van der Waals surface area contributed by atoms with Crippen LogP contribution in [-0.4, -0.2) is 6.21 Å². The summed E-state index contributed by atoms with van der Waals surface area (Å²) in [4.78, 5) is 0. The Bertz CT molecular complexity index is 538. The SMILES string of the molecule is NN=Cc1cccc(OCc2ccc(Br)cc2)c1. The molecular weight excluding hydrogens is 292 g/mol. The summed E-state index contributed by atoms with van der Waals surface area (Å²) in [7, 11) is 0. The molecule has 0 saturated carbocycles. The second-order valence-electron chi connectivity index (χ2n) is 3.77. The van der Waals surface area contributed by atoms with Gasteiger partial charge in [0.05, 0.1) is 6.21 Å². The van der Waals surface area contributed by atoms with Crippen LogP contribution in [0.25, 0.3) is 0 Å². The molecule has 2 aromatic rings. The Balaban J connectivity index is 2.01. The molecule has 0 fully saturated rings. The summed E-state index contributed by atoms with van der Waals surface area (Å²) < 4.78 is 6.76. The van der Waals surface area contributed by atoms with E-state index in [0.717, 1.165) is 21.3 Å². The van der Waals surface area contributed by atoms with E-state index in [1.807, 2.05) is 48.5 Å². The number of rotatable bonds is 4. The van der Waals surface area contributed by atoms with Crippen molar-refractivity contribution in [1.82, 2.24) is 0 Å². The van der Waals surface area contributed by atoms with E-state index in [4.69, 9.17) is 10.6 Å². The number of halogens is 1. The summed E-state index contributed by atoms with van der Waals surface area (Å²) in [6.07, 6.45) is 1.59. The van der Waals surface area contributed by atoms with Crippen molar-refractivity contribution in [1.29, 1.82) is 0 Å². The highest BCUT2D eigenvalue weighted by Gasteiger charge is 1.97. The van der Waals surface area contributed by atoms with Crippen LogP contribution in [0.5, 0.6) is 5.75 Å². The standard InChI is InChI=1S/C14H13BrN2O/c15-13-6-4-11(5-7-13)10-18-14-3-1-2-12(8-14)9-17-16/h1-9H,10,16H2. The van der Waals surface area contributed by atoms with Crippen LogP contribution in [0.1, 0.15) is 11.1 Å². The Morgan fingerprint density at radius 2 is 1.94 bits per heavy atom. The van der Waals surface area contributed by atoms with Crippen LogP contribution in [-0.2, 0) is 6.61 Å². The van der Waals surface area contributed by atoms with Crippen molar-refractivity contribution >= 4 is 22.1 Å². The maximum Gasteiger partial charge on any atom is 0.120 e. The summed E-state index contributed by atoms with van der Waals surface area (Å²) in [6, 6.07) is 15.7. The van der Waals surface area contributed by atoms with Crippen molar-refractivity contribution in [3.8, 4) is 5.75 Å². The highest BCUT2D eigenvalue weighted by molar-refractivity contribution is 9.10. The molecule has 0 radical (unpaired) electrons. The van der Waals surface area contributed by atoms with E-state index in [-0.39, 0.29) is 0 Å². The van der Waals surface area contributed by atoms with E-state index >= 15 is 0 Å². The predicted octanol–water partition coefficient (Wildman–Crippen LogP) is 3.32. The Kier molecular flexibility index (Phi) is 4.36. The first kappa shape index (κ1) is 12.6. The van der Waals surface area contributed by atoms with E-state index in [9.17, 15) is 0 Å². The van der Waals surface area contributed by atoms with E-state index in [0.29, 0.717) is 6.61 Å². The largest absolute Gasteiger partial charge is 0.489 e. The second kappa shape index (κ2) is 6.21. The fourth-order valence-electron chi connectivity index (χ4n) is 1.52. The lowest BCUT2D eigenvalue weighted by atomic mass is 10.2. The van der Waals surface area contributed by atoms with Gasteiger partial charge >= 0.3 is 0 Å². The third-order valence-electron chi connectivity index (χ3n) is 2.40. The van der Waals surface area contributed by atoms with E-state index in [2.05, 4.69) is 21.0 Å². The van der Waals surface area contributed by atoms with Crippen LogP contribution < -0.4 is 10.6 Å². The van der Waals surface area contributed by atoms with Crippen molar-refractivity contribution in [2.75, 3.05) is 0 Å². The average Bonchev–Trinajstić information content (AvgIpc) is 2.39. The lowest BCUT2D eigenvalue weighted by molar-refractivity contribution is 0.306. The maximum atomic E-state index is 5.70. The first-order chi connectivity index (χ1) is 8.78. The molecule has 4 heteroatoms. The lowest BCUT2D eigenvalue weighted by Gasteiger charge is -2.06. The molecule has 0 spiro atoms. The first-order valence-electron chi connectivity index (χ1n) is 5.48. The Labute approximate surface area is 114 Å². The van der Waals surface area contributed by atoms with Crippen molar-refractivity contribution in [3.63, 3.8) is 0 Å². The maximum absolute atomic E-state index is 5.70. The second-order valence-corrected chi connectivity index (χ2v) is 4.68. The fraction of sp³-hybridized carbons (Fsp3) is 0.0714. The molecule has 0 bridgehead atoms. The molecule has 0 heterocycles. The Hall–Kier alpha value is -1.81. The smallest absolute Gasteiger partial charge is 0.120 e. The van der Waals surface area contributed by atoms with Gasteiger partial charge in [0.1, 0.15) is 12.4 Å². The highest BCUT2D eigenvalue weighted by atomic mass is 79.9. The van der Waals surface area contributed by atoms with Gasteiger partial charge in [-0.1, -0.05) is 40.2 Å². The minimum absolute atomic E-state index is 0.538. The van der Waals surface area contributed by atoms with Gasteiger partial charge < -0.3 is 10.6 Å². The summed E-state index contributed by atoms with van der Waals surface area (Å²) >= 11 is 3.40. The zero-order chi connectivity index (χ0) is 12.8. The summed E-state index contributed by atoms with van der Waals surface area (Å²) in [5, 5.41) is 3.49. The van der Waals surface area contributed by atoms with Crippen LogP contribution >= 0.6 is 15.9 Å². The Morgan fingerprint density at radius 3 is 2.67 bits per heavy atom. The van der Waals surface area contributed by atoms with Gasteiger partial charge in [-0.3, -0.25) is 0 Å². The topological polar surface area (TPSA) is 47.6 Å². The van der Waals surface area contributed by atoms with E-state index < -0.39 is 0 Å². The molecule has 0 aliphatic heterocycles. The van der Waals surface area contributed by atoms with Gasteiger partial charge in [0, 0.05) is 4.47 Å². The number of hydrogen-bond donors (Lipinski definition) is 1. The van der Waals surface area contributed by atoms with Gasteiger partial charge in [0.25, 0.3) is 0 Å². The highest BCUT2D eigenvalue weighted by Crippen LogP contribution is 2.15. The van der Waals surface area contributed by atoms with Crippen molar-refractivity contribution in [2.45, 2.75) is 6.61 Å². The number of nitrogens with zero attached hydrogens (tertiary/aromatic N) is 1. The average molecular weight is 305 g/mol. The molecular formula is C14H13BrN2O. The molecule has 2 rings (SSSR count). The van der Waals surface area contributed by atoms with Gasteiger partial charge in [0.15, 0.2) is 0 Å². The monoisotopic (exact) mass is 304 g/mol. The molecule has 0 amide bonds. The third-order valence-corrected chi connectivity index (χ3v) is 2.93. The molecule has 0 atom stereocenters. The molecule has 92 valence electrons. The van der Waals surface area contributed by atoms with Crippen molar-refractivity contribution in [3.05, 3.63) is 64.1 Å². The van der Waals surface area contributed by atoms with Crippen LogP contribution in [0, 0.1) is 0 Å². The quantitative estimate of drug-likeness (QED) is 0.535. The van der Waals surface area contributed by atoms with Crippen molar-refractivity contribution < 1.29 is 4.74 Å². The minimum atomic E-state index is 0.538. The van der Waals surface area contributed by atoms with Crippen LogP contribution in [0.15, 0.2) is 58.1 Å². The normalized spacial score (nSPS) is 10.7. The molecule has 0 aliphatic rings. The Morgan fingerprint density at radius 1 is 1.17 bits per heavy atom. The first-order valence-corrected chi connectivity index (χ1v) is 6.28. The minimum Gasteiger partial charge on any atom is -0.489 e. The van der Waals surface area contributed by atoms with Gasteiger partial charge in [-0.2, -0.15) is 5.10 Å². The molecule has 2 aromatic carbocycles. The number of ether oxygens (including phenoxy) is 1. The van der Waals surface area contributed by atoms with E-state index in [1.165, 1.54) is 0 Å². The number of benzene rings is 2. The zero-order valence-electron chi connectivity index (χ0n) is 9.71. The number of hydrogen-bond acceptors (Lipinski definition) is 3. The molecule has 18 heavy (non-hydrogen) atoms. The van der Waals surface area contributed by atoms with Crippen LogP contribution in [0.3, 0.4) is 0 Å². The zero-order valence-corrected chi connectivity index (χ0v) is 11.3. The molecule has 2 N–H and O–H groups in total. The number of nitrogens with two attached hydrogens (primary N) is 1. The van der Waals surface area contributed by atoms with Gasteiger partial charge in [-0.05, 0) is 35.4 Å². The predicted molar refractivity (Wildman–Crippen MR) is 76.7 cm³/mol. The van der Waals surface area contributed by atoms with Gasteiger partial charge in [0.2, 0.25) is 0 Å². The number of hydrazone groups is 1. The summed E-state index contributed by atoms with van der Waals surface area (Å²) in [5.74, 6) is 5.92. The van der Waals surface area contributed by atoms with Gasteiger partial charge in [-0.15, -0.1) is 0 Å². The molecule has 3 nitrogen and oxygen atoms in total. The van der Waals surface area contributed by atoms with Crippen LogP contribution in [0.4, 0.5) is 0 Å². The van der Waals surface area contributed by atoms with E-state index in [1.54, 1.807) is 6.21 Å². The van der Waals surface area contributed by atoms with Crippen molar-refractivity contribution in [2.24, 2.45) is 10.9 Å². The lowest BCUT2D eigenvalue weighted by Crippen LogP contribution is -1.96. The fourth-order valence-corrected chi connectivity index (χ4v) is 1.78. The summed E-state index contributed by atoms with van der Waals surface area (Å²) in [5.41, 5.74) is 2.04. The molecule has 0 aromatic heterocycles. The molecule has 0 saturated heterocycles. The third kappa shape index (κ3) is 3.60. The molecule has 0 unspecified atom stereocenters. The molecule has 0 aliphatic carbocycles. The van der Waals surface area contributed by atoms with Gasteiger partial charge in [-0.25, -0.2) is 0 Å². The van der Waals surface area contributed by atoms with Crippen LogP contribution in [0.2, 0.25) is 0 Å².